The number of rotatable bonds is 9. The first-order valence-electron chi connectivity index (χ1n) is 6.56. The molecule has 0 bridgehead atoms. The highest BCUT2D eigenvalue weighted by Crippen LogP contribution is 2.17. The van der Waals surface area contributed by atoms with Crippen molar-refractivity contribution < 1.29 is 13.2 Å². The standard InChI is InChI=1S/C12H22ClN3O3S/c1-4-16(11(2)10-19-3)20(17,18)12-8-14-15(9-12)7-5-6-13/h8-9,11H,4-7,10H2,1-3H3. The van der Waals surface area contributed by atoms with E-state index in [2.05, 4.69) is 5.10 Å². The molecular weight excluding hydrogens is 302 g/mol. The second-order valence-corrected chi connectivity index (χ2v) is 6.76. The summed E-state index contributed by atoms with van der Waals surface area (Å²) in [6.07, 6.45) is 3.68. The summed E-state index contributed by atoms with van der Waals surface area (Å²) in [5, 5.41) is 4.06. The van der Waals surface area contributed by atoms with Crippen LogP contribution in [0.4, 0.5) is 0 Å². The molecule has 0 spiro atoms. The van der Waals surface area contributed by atoms with Crippen LogP contribution in [0.5, 0.6) is 0 Å². The minimum absolute atomic E-state index is 0.205. The van der Waals surface area contributed by atoms with E-state index in [1.54, 1.807) is 18.0 Å². The minimum atomic E-state index is -3.54. The predicted octanol–water partition coefficient (Wildman–Crippen LogP) is 1.56. The van der Waals surface area contributed by atoms with Crippen molar-refractivity contribution in [2.24, 2.45) is 0 Å². The van der Waals surface area contributed by atoms with Crippen LogP contribution in [0.25, 0.3) is 0 Å². The molecule has 0 aliphatic rings. The molecule has 6 nitrogen and oxygen atoms in total. The average Bonchev–Trinajstić information content (AvgIpc) is 2.86. The number of likely N-dealkylation sites (N-methyl/N-ethyl adjacent to an activating group) is 1. The Bertz CT molecular complexity index is 504. The number of aryl methyl sites for hydroxylation is 1. The molecule has 1 rings (SSSR count). The number of ether oxygens (including phenoxy) is 1. The van der Waals surface area contributed by atoms with Crippen LogP contribution < -0.4 is 0 Å². The van der Waals surface area contributed by atoms with Gasteiger partial charge in [0.05, 0.1) is 12.8 Å². The molecule has 0 aliphatic heterocycles. The summed E-state index contributed by atoms with van der Waals surface area (Å²) in [4.78, 5) is 0.205. The van der Waals surface area contributed by atoms with Crippen LogP contribution in [0, 0.1) is 0 Å². The Morgan fingerprint density at radius 2 is 2.25 bits per heavy atom. The van der Waals surface area contributed by atoms with Crippen LogP contribution in [0.2, 0.25) is 0 Å². The Kier molecular flexibility index (Phi) is 6.94. The number of alkyl halides is 1. The second-order valence-electron chi connectivity index (χ2n) is 4.49. The summed E-state index contributed by atoms with van der Waals surface area (Å²) in [5.74, 6) is 0.522. The van der Waals surface area contributed by atoms with Crippen molar-refractivity contribution in [1.29, 1.82) is 0 Å². The molecule has 0 amide bonds. The van der Waals surface area contributed by atoms with Crippen LogP contribution in [-0.2, 0) is 21.3 Å². The molecular formula is C12H22ClN3O3S. The fourth-order valence-corrected chi connectivity index (χ4v) is 3.70. The molecule has 1 heterocycles. The monoisotopic (exact) mass is 323 g/mol. The number of nitrogens with zero attached hydrogens (tertiary/aromatic N) is 3. The Morgan fingerprint density at radius 1 is 1.55 bits per heavy atom. The third-order valence-electron chi connectivity index (χ3n) is 2.95. The predicted molar refractivity (Wildman–Crippen MR) is 78.5 cm³/mol. The first kappa shape index (κ1) is 17.4. The van der Waals surface area contributed by atoms with Crippen LogP contribution in [-0.4, -0.2) is 54.7 Å². The number of methoxy groups -OCH3 is 1. The van der Waals surface area contributed by atoms with Crippen molar-refractivity contribution in [3.8, 4) is 0 Å². The fraction of sp³-hybridized carbons (Fsp3) is 0.750. The number of sulfonamides is 1. The van der Waals surface area contributed by atoms with Crippen LogP contribution in [0.3, 0.4) is 0 Å². The lowest BCUT2D eigenvalue weighted by Gasteiger charge is -2.25. The van der Waals surface area contributed by atoms with Crippen molar-refractivity contribution in [2.75, 3.05) is 26.1 Å². The van der Waals surface area contributed by atoms with Crippen molar-refractivity contribution in [1.82, 2.24) is 14.1 Å². The van der Waals surface area contributed by atoms with Gasteiger partial charge in [-0.1, -0.05) is 6.92 Å². The van der Waals surface area contributed by atoms with Gasteiger partial charge in [0.15, 0.2) is 0 Å². The highest BCUT2D eigenvalue weighted by atomic mass is 35.5. The van der Waals surface area contributed by atoms with Gasteiger partial charge in [0, 0.05) is 38.3 Å². The summed E-state index contributed by atoms with van der Waals surface area (Å²) < 4.78 is 33.2. The largest absolute Gasteiger partial charge is 0.383 e. The van der Waals surface area contributed by atoms with Crippen LogP contribution in [0.1, 0.15) is 20.3 Å². The first-order valence-corrected chi connectivity index (χ1v) is 8.54. The molecule has 0 radical (unpaired) electrons. The Labute approximate surface area is 125 Å². The Morgan fingerprint density at radius 3 is 2.80 bits per heavy atom. The molecule has 0 saturated heterocycles. The highest BCUT2D eigenvalue weighted by Gasteiger charge is 2.28. The van der Waals surface area contributed by atoms with E-state index >= 15 is 0 Å². The van der Waals surface area contributed by atoms with E-state index < -0.39 is 10.0 Å². The molecule has 1 aromatic heterocycles. The van der Waals surface area contributed by atoms with E-state index in [9.17, 15) is 8.42 Å². The van der Waals surface area contributed by atoms with E-state index in [4.69, 9.17) is 16.3 Å². The Balaban J connectivity index is 2.93. The number of halogens is 1. The molecule has 1 atom stereocenters. The highest BCUT2D eigenvalue weighted by molar-refractivity contribution is 7.89. The van der Waals surface area contributed by atoms with Gasteiger partial charge in [-0.25, -0.2) is 8.42 Å². The van der Waals surface area contributed by atoms with Gasteiger partial charge in [-0.3, -0.25) is 4.68 Å². The molecule has 0 aliphatic carbocycles. The SMILES string of the molecule is CCN(C(C)COC)S(=O)(=O)c1cnn(CCCCl)c1. The summed E-state index contributed by atoms with van der Waals surface area (Å²) in [5.41, 5.74) is 0. The molecule has 8 heteroatoms. The van der Waals surface area contributed by atoms with Gasteiger partial charge < -0.3 is 4.74 Å². The van der Waals surface area contributed by atoms with Crippen molar-refractivity contribution in [3.63, 3.8) is 0 Å². The van der Waals surface area contributed by atoms with E-state index in [1.807, 2.05) is 13.8 Å². The zero-order valence-electron chi connectivity index (χ0n) is 12.1. The summed E-state index contributed by atoms with van der Waals surface area (Å²) in [7, 11) is -1.98. The van der Waals surface area contributed by atoms with E-state index in [0.717, 1.165) is 6.42 Å². The third-order valence-corrected chi connectivity index (χ3v) is 5.26. The van der Waals surface area contributed by atoms with Gasteiger partial charge in [0.25, 0.3) is 0 Å². The smallest absolute Gasteiger partial charge is 0.246 e. The summed E-state index contributed by atoms with van der Waals surface area (Å²) in [6, 6.07) is -0.221. The third kappa shape index (κ3) is 4.18. The molecule has 0 fully saturated rings. The molecule has 0 N–H and O–H groups in total. The number of hydrogen-bond donors (Lipinski definition) is 0. The topological polar surface area (TPSA) is 64.4 Å². The molecule has 0 saturated carbocycles. The van der Waals surface area contributed by atoms with E-state index in [-0.39, 0.29) is 10.9 Å². The van der Waals surface area contributed by atoms with Crippen molar-refractivity contribution >= 4 is 21.6 Å². The van der Waals surface area contributed by atoms with Gasteiger partial charge in [-0.2, -0.15) is 9.40 Å². The quantitative estimate of drug-likeness (QED) is 0.647. The minimum Gasteiger partial charge on any atom is -0.383 e. The lowest BCUT2D eigenvalue weighted by Crippen LogP contribution is -2.40. The average molecular weight is 324 g/mol. The molecule has 1 unspecified atom stereocenters. The maximum atomic E-state index is 12.6. The van der Waals surface area contributed by atoms with Gasteiger partial charge >= 0.3 is 0 Å². The van der Waals surface area contributed by atoms with Crippen molar-refractivity contribution in [3.05, 3.63) is 12.4 Å². The lowest BCUT2D eigenvalue weighted by molar-refractivity contribution is 0.142. The zero-order chi connectivity index (χ0) is 15.2. The molecule has 20 heavy (non-hydrogen) atoms. The van der Waals surface area contributed by atoms with Gasteiger partial charge in [0.1, 0.15) is 4.90 Å². The van der Waals surface area contributed by atoms with Crippen LogP contribution in [0.15, 0.2) is 17.3 Å². The first-order chi connectivity index (χ1) is 9.47. The van der Waals surface area contributed by atoms with Gasteiger partial charge in [0.2, 0.25) is 10.0 Å². The van der Waals surface area contributed by atoms with Gasteiger partial charge in [-0.15, -0.1) is 11.6 Å². The van der Waals surface area contributed by atoms with Crippen LogP contribution >= 0.6 is 11.6 Å². The molecule has 1 aromatic rings. The van der Waals surface area contributed by atoms with Crippen molar-refractivity contribution in [2.45, 2.75) is 37.8 Å². The molecule has 0 aromatic carbocycles. The zero-order valence-corrected chi connectivity index (χ0v) is 13.7. The lowest BCUT2D eigenvalue weighted by atomic mass is 10.4. The molecule has 116 valence electrons. The maximum absolute atomic E-state index is 12.6. The van der Waals surface area contributed by atoms with E-state index in [1.165, 1.54) is 10.5 Å². The van der Waals surface area contributed by atoms with Gasteiger partial charge in [-0.05, 0) is 13.3 Å². The fourth-order valence-electron chi connectivity index (χ4n) is 2.00. The maximum Gasteiger partial charge on any atom is 0.246 e. The number of aromatic nitrogens is 2. The second kappa shape index (κ2) is 7.97. The summed E-state index contributed by atoms with van der Waals surface area (Å²) >= 11 is 5.62. The van der Waals surface area contributed by atoms with E-state index in [0.29, 0.717) is 25.6 Å². The Hall–Kier alpha value is -0.630. The normalized spacial score (nSPS) is 13.8. The number of hydrogen-bond acceptors (Lipinski definition) is 4. The summed E-state index contributed by atoms with van der Waals surface area (Å²) in [6.45, 7) is 4.98.